The molecule has 0 saturated heterocycles. The van der Waals surface area contributed by atoms with Gasteiger partial charge in [0.2, 0.25) is 0 Å². The van der Waals surface area contributed by atoms with Crippen LogP contribution in [0.5, 0.6) is 0 Å². The molecule has 5 rings (SSSR count). The number of rotatable bonds is 1. The first kappa shape index (κ1) is 14.1. The van der Waals surface area contributed by atoms with E-state index in [0.29, 0.717) is 5.41 Å². The molecule has 1 aromatic heterocycles. The Labute approximate surface area is 139 Å². The lowest BCUT2D eigenvalue weighted by Gasteiger charge is -2.46. The Hall–Kier alpha value is -1.31. The molecular weight excluding hydrogens is 282 g/mol. The molecular formula is C21H27NO. The summed E-state index contributed by atoms with van der Waals surface area (Å²) in [4.78, 5) is 0. The van der Waals surface area contributed by atoms with Crippen LogP contribution < -0.4 is 0 Å². The summed E-state index contributed by atoms with van der Waals surface area (Å²) in [6.07, 6.45) is 14.9. The third kappa shape index (κ3) is 1.90. The minimum Gasteiger partial charge on any atom is -0.357 e. The predicted molar refractivity (Wildman–Crippen MR) is 91.8 cm³/mol. The van der Waals surface area contributed by atoms with Gasteiger partial charge in [-0.1, -0.05) is 35.7 Å². The van der Waals surface area contributed by atoms with Crippen LogP contribution in [0.1, 0.15) is 70.1 Å². The second-order valence-corrected chi connectivity index (χ2v) is 8.51. The minimum atomic E-state index is 0.518. The number of fused-ring (bicyclic) bond motifs is 5. The number of allylic oxidation sites excluding steroid dienone is 3. The normalized spacial score (nSPS) is 38.5. The molecule has 0 aromatic carbocycles. The monoisotopic (exact) mass is 309 g/mol. The highest BCUT2D eigenvalue weighted by Gasteiger charge is 2.47. The van der Waals surface area contributed by atoms with Crippen molar-refractivity contribution in [3.8, 4) is 0 Å². The van der Waals surface area contributed by atoms with Gasteiger partial charge in [0.1, 0.15) is 0 Å². The van der Waals surface area contributed by atoms with Gasteiger partial charge in [-0.25, -0.2) is 0 Å². The molecule has 0 amide bonds. The molecule has 2 nitrogen and oxygen atoms in total. The van der Waals surface area contributed by atoms with E-state index in [-0.39, 0.29) is 0 Å². The predicted octanol–water partition coefficient (Wildman–Crippen LogP) is 5.56. The van der Waals surface area contributed by atoms with Crippen LogP contribution in [0.15, 0.2) is 27.4 Å². The number of hydrogen-bond acceptors (Lipinski definition) is 2. The summed E-state index contributed by atoms with van der Waals surface area (Å²) < 4.78 is 5.42. The summed E-state index contributed by atoms with van der Waals surface area (Å²) in [6.45, 7) is 4.91. The van der Waals surface area contributed by atoms with Crippen LogP contribution in [0.2, 0.25) is 0 Å². The third-order valence-corrected chi connectivity index (χ3v) is 7.70. The number of hydrogen-bond donors (Lipinski definition) is 0. The Bertz CT molecular complexity index is 709. The molecule has 4 aliphatic rings. The van der Waals surface area contributed by atoms with Gasteiger partial charge in [-0.2, -0.15) is 0 Å². The van der Waals surface area contributed by atoms with Crippen molar-refractivity contribution in [1.29, 1.82) is 0 Å². The van der Waals surface area contributed by atoms with Crippen LogP contribution in [0.3, 0.4) is 0 Å². The Balaban J connectivity index is 1.50. The maximum Gasteiger partial charge on any atom is 0.162 e. The zero-order valence-electron chi connectivity index (χ0n) is 14.4. The van der Waals surface area contributed by atoms with E-state index in [1.54, 1.807) is 5.57 Å². The van der Waals surface area contributed by atoms with Gasteiger partial charge >= 0.3 is 0 Å². The molecule has 2 heteroatoms. The molecule has 0 aliphatic heterocycles. The van der Waals surface area contributed by atoms with E-state index in [1.807, 2.05) is 17.3 Å². The van der Waals surface area contributed by atoms with Crippen molar-refractivity contribution in [1.82, 2.24) is 5.16 Å². The summed E-state index contributed by atoms with van der Waals surface area (Å²) in [5, 5.41) is 4.02. The summed E-state index contributed by atoms with van der Waals surface area (Å²) in [7, 11) is 0. The SMILES string of the molecule is CCC1(C)CCC2=C1CCC1C3Cc4cnoc4C=C3CCC21. The maximum atomic E-state index is 5.42. The van der Waals surface area contributed by atoms with Gasteiger partial charge < -0.3 is 4.52 Å². The lowest BCUT2D eigenvalue weighted by molar-refractivity contribution is 0.196. The van der Waals surface area contributed by atoms with Crippen molar-refractivity contribution in [3.63, 3.8) is 0 Å². The third-order valence-electron chi connectivity index (χ3n) is 7.70. The lowest BCUT2D eigenvalue weighted by Crippen LogP contribution is -2.36. The zero-order chi connectivity index (χ0) is 15.6. The van der Waals surface area contributed by atoms with Gasteiger partial charge in [0.25, 0.3) is 0 Å². The van der Waals surface area contributed by atoms with Crippen LogP contribution >= 0.6 is 0 Å². The fraction of sp³-hybridized carbons (Fsp3) is 0.667. The van der Waals surface area contributed by atoms with Gasteiger partial charge in [-0.3, -0.25) is 0 Å². The summed E-state index contributed by atoms with van der Waals surface area (Å²) in [5.41, 5.74) is 7.26. The highest BCUT2D eigenvalue weighted by Crippen LogP contribution is 2.59. The number of aromatic nitrogens is 1. The van der Waals surface area contributed by atoms with E-state index in [9.17, 15) is 0 Å². The Kier molecular flexibility index (Phi) is 2.96. The van der Waals surface area contributed by atoms with Crippen molar-refractivity contribution in [2.24, 2.45) is 23.2 Å². The van der Waals surface area contributed by atoms with E-state index in [2.05, 4.69) is 25.1 Å². The smallest absolute Gasteiger partial charge is 0.162 e. The highest BCUT2D eigenvalue weighted by atomic mass is 16.5. The standard InChI is InChI=1S/C21H27NO/c1-3-21(2)9-8-17-15-5-4-13-11-20-14(12-22-23-20)10-18(13)16(15)6-7-19(17)21/h11-12,15-16,18H,3-10H2,1-2H3. The van der Waals surface area contributed by atoms with E-state index < -0.39 is 0 Å². The van der Waals surface area contributed by atoms with E-state index in [1.165, 1.54) is 56.9 Å². The van der Waals surface area contributed by atoms with Crippen molar-refractivity contribution < 1.29 is 4.52 Å². The molecule has 1 fully saturated rings. The molecule has 4 aliphatic carbocycles. The minimum absolute atomic E-state index is 0.518. The van der Waals surface area contributed by atoms with Crippen molar-refractivity contribution in [2.75, 3.05) is 0 Å². The molecule has 1 saturated carbocycles. The molecule has 0 radical (unpaired) electrons. The first-order valence-corrected chi connectivity index (χ1v) is 9.56. The van der Waals surface area contributed by atoms with Crippen molar-refractivity contribution in [2.45, 2.75) is 65.2 Å². The molecule has 0 N–H and O–H groups in total. The second kappa shape index (κ2) is 4.84. The molecule has 1 heterocycles. The summed E-state index contributed by atoms with van der Waals surface area (Å²) >= 11 is 0. The topological polar surface area (TPSA) is 26.0 Å². The first-order valence-electron chi connectivity index (χ1n) is 9.56. The fourth-order valence-corrected chi connectivity index (χ4v) is 6.19. The second-order valence-electron chi connectivity index (χ2n) is 8.51. The molecule has 4 unspecified atom stereocenters. The van der Waals surface area contributed by atoms with Crippen LogP contribution in [0, 0.1) is 23.2 Å². The van der Waals surface area contributed by atoms with Gasteiger partial charge in [0, 0.05) is 5.56 Å². The molecule has 1 aromatic rings. The fourth-order valence-electron chi connectivity index (χ4n) is 6.19. The average molecular weight is 309 g/mol. The average Bonchev–Trinajstić information content (AvgIpc) is 3.17. The largest absolute Gasteiger partial charge is 0.357 e. The maximum absolute atomic E-state index is 5.42. The number of nitrogens with zero attached hydrogens (tertiary/aromatic N) is 1. The Morgan fingerprint density at radius 2 is 2.13 bits per heavy atom. The van der Waals surface area contributed by atoms with E-state index in [0.717, 1.165) is 23.5 Å². The first-order chi connectivity index (χ1) is 11.2. The van der Waals surface area contributed by atoms with Crippen LogP contribution in [0.25, 0.3) is 6.08 Å². The molecule has 4 atom stereocenters. The van der Waals surface area contributed by atoms with Crippen LogP contribution in [-0.4, -0.2) is 5.16 Å². The molecule has 122 valence electrons. The van der Waals surface area contributed by atoms with E-state index >= 15 is 0 Å². The lowest BCUT2D eigenvalue weighted by atomic mass is 9.59. The Morgan fingerprint density at radius 1 is 1.22 bits per heavy atom. The zero-order valence-corrected chi connectivity index (χ0v) is 14.4. The van der Waals surface area contributed by atoms with Gasteiger partial charge in [0.15, 0.2) is 5.76 Å². The van der Waals surface area contributed by atoms with Crippen molar-refractivity contribution >= 4 is 6.08 Å². The van der Waals surface area contributed by atoms with Gasteiger partial charge in [0.05, 0.1) is 6.20 Å². The highest BCUT2D eigenvalue weighted by molar-refractivity contribution is 5.56. The quantitative estimate of drug-likeness (QED) is 0.635. The van der Waals surface area contributed by atoms with Crippen LogP contribution in [-0.2, 0) is 6.42 Å². The van der Waals surface area contributed by atoms with Crippen LogP contribution in [0.4, 0.5) is 0 Å². The van der Waals surface area contributed by atoms with E-state index in [4.69, 9.17) is 4.52 Å². The van der Waals surface area contributed by atoms with Gasteiger partial charge in [-0.15, -0.1) is 0 Å². The van der Waals surface area contributed by atoms with Gasteiger partial charge in [-0.05, 0) is 80.6 Å². The van der Waals surface area contributed by atoms with Crippen molar-refractivity contribution in [3.05, 3.63) is 34.2 Å². The Morgan fingerprint density at radius 3 is 3.00 bits per heavy atom. The summed E-state index contributed by atoms with van der Waals surface area (Å²) in [5.74, 6) is 3.53. The molecule has 0 spiro atoms. The molecule has 23 heavy (non-hydrogen) atoms. The summed E-state index contributed by atoms with van der Waals surface area (Å²) in [6, 6.07) is 0. The molecule has 0 bridgehead atoms.